The lowest BCUT2D eigenvalue weighted by Gasteiger charge is -2.40. The van der Waals surface area contributed by atoms with E-state index in [1.54, 1.807) is 0 Å². The Bertz CT molecular complexity index is 434. The van der Waals surface area contributed by atoms with Crippen LogP contribution < -0.4 is 0 Å². The molecular formula is C18H34N4S4. The van der Waals surface area contributed by atoms with E-state index in [-0.39, 0.29) is 0 Å². The molecule has 26 heavy (non-hydrogen) atoms. The molecule has 2 aliphatic heterocycles. The molecule has 2 saturated heterocycles. The number of rotatable bonds is 9. The van der Waals surface area contributed by atoms with Crippen LogP contribution in [0.15, 0.2) is 0 Å². The molecule has 2 heterocycles. The van der Waals surface area contributed by atoms with Crippen molar-refractivity contribution in [1.29, 1.82) is 0 Å². The molecule has 0 saturated carbocycles. The fraction of sp³-hybridized carbons (Fsp3) is 0.889. The maximum atomic E-state index is 5.57. The van der Waals surface area contributed by atoms with Crippen LogP contribution in [-0.2, 0) is 0 Å². The van der Waals surface area contributed by atoms with Crippen LogP contribution >= 0.6 is 48.0 Å². The predicted octanol–water partition coefficient (Wildman–Crippen LogP) is 4.47. The number of nitrogens with zero attached hydrogens (tertiary/aromatic N) is 4. The standard InChI is InChI=1S/C18H34N4S4/c1-5-15(3)21-11-19(17(23)25-13-21)9-7-8-10-20-12-22(16(4)6-2)14-26-18(20)24/h15-16H,5-14H2,1-4H3. The fourth-order valence-corrected chi connectivity index (χ4v) is 5.58. The highest BCUT2D eigenvalue weighted by Crippen LogP contribution is 2.23. The van der Waals surface area contributed by atoms with Crippen molar-refractivity contribution in [3.63, 3.8) is 0 Å². The lowest BCUT2D eigenvalue weighted by atomic mass is 10.2. The maximum Gasteiger partial charge on any atom is 0.138 e. The van der Waals surface area contributed by atoms with Crippen LogP contribution in [0.4, 0.5) is 0 Å². The largest absolute Gasteiger partial charge is 0.344 e. The Morgan fingerprint density at radius 1 is 0.808 bits per heavy atom. The van der Waals surface area contributed by atoms with Gasteiger partial charge in [0.15, 0.2) is 0 Å². The topological polar surface area (TPSA) is 13.0 Å². The van der Waals surface area contributed by atoms with Gasteiger partial charge in [-0.25, -0.2) is 0 Å². The van der Waals surface area contributed by atoms with Crippen molar-refractivity contribution in [2.24, 2.45) is 0 Å². The summed E-state index contributed by atoms with van der Waals surface area (Å²) in [5, 5.41) is 0. The third kappa shape index (κ3) is 6.48. The summed E-state index contributed by atoms with van der Waals surface area (Å²) < 4.78 is 2.13. The van der Waals surface area contributed by atoms with Crippen molar-refractivity contribution < 1.29 is 0 Å². The molecule has 0 N–H and O–H groups in total. The number of unbranched alkanes of at least 4 members (excludes halogenated alkanes) is 1. The zero-order valence-electron chi connectivity index (χ0n) is 16.6. The zero-order valence-corrected chi connectivity index (χ0v) is 19.9. The van der Waals surface area contributed by atoms with Crippen molar-refractivity contribution in [1.82, 2.24) is 19.6 Å². The minimum Gasteiger partial charge on any atom is -0.344 e. The van der Waals surface area contributed by atoms with E-state index in [1.165, 1.54) is 25.7 Å². The third-order valence-electron chi connectivity index (χ3n) is 5.46. The second-order valence-electron chi connectivity index (χ2n) is 7.29. The first-order chi connectivity index (χ1) is 12.5. The monoisotopic (exact) mass is 434 g/mol. The van der Waals surface area contributed by atoms with Crippen molar-refractivity contribution in [2.45, 2.75) is 65.5 Å². The lowest BCUT2D eigenvalue weighted by Crippen LogP contribution is -2.49. The third-order valence-corrected chi connectivity index (χ3v) is 8.62. The van der Waals surface area contributed by atoms with E-state index in [9.17, 15) is 0 Å². The van der Waals surface area contributed by atoms with Gasteiger partial charge in [0.2, 0.25) is 0 Å². The minimum atomic E-state index is 0.627. The predicted molar refractivity (Wildman–Crippen MR) is 126 cm³/mol. The SMILES string of the molecule is CCC(C)N1CSC(=S)N(CCCCN2CN(C(C)CC)CSC2=S)C1. The van der Waals surface area contributed by atoms with Crippen LogP contribution in [0.1, 0.15) is 53.4 Å². The Kier molecular flexibility index (Phi) is 9.96. The molecule has 0 aliphatic carbocycles. The summed E-state index contributed by atoms with van der Waals surface area (Å²) in [4.78, 5) is 9.82. The number of thiocarbonyl (C=S) groups is 2. The molecule has 2 fully saturated rings. The van der Waals surface area contributed by atoms with Gasteiger partial charge in [-0.05, 0) is 39.5 Å². The Labute approximate surface area is 179 Å². The molecule has 2 rings (SSSR count). The molecule has 0 radical (unpaired) electrons. The van der Waals surface area contributed by atoms with Crippen LogP contribution in [0.25, 0.3) is 0 Å². The highest BCUT2D eigenvalue weighted by Gasteiger charge is 2.25. The first-order valence-corrected chi connectivity index (χ1v) is 12.6. The smallest absolute Gasteiger partial charge is 0.138 e. The fourth-order valence-electron chi connectivity index (χ4n) is 3.07. The van der Waals surface area contributed by atoms with Gasteiger partial charge < -0.3 is 9.80 Å². The average molecular weight is 435 g/mol. The highest BCUT2D eigenvalue weighted by atomic mass is 32.2. The van der Waals surface area contributed by atoms with Gasteiger partial charge in [0.1, 0.15) is 8.64 Å². The van der Waals surface area contributed by atoms with E-state index in [4.69, 9.17) is 24.4 Å². The van der Waals surface area contributed by atoms with E-state index >= 15 is 0 Å². The molecule has 2 unspecified atom stereocenters. The number of thioether (sulfide) groups is 2. The molecule has 4 nitrogen and oxygen atoms in total. The molecule has 0 spiro atoms. The van der Waals surface area contributed by atoms with Crippen LogP contribution in [0.5, 0.6) is 0 Å². The van der Waals surface area contributed by atoms with Crippen molar-refractivity contribution in [2.75, 3.05) is 38.2 Å². The van der Waals surface area contributed by atoms with E-state index in [0.29, 0.717) is 12.1 Å². The van der Waals surface area contributed by atoms with Gasteiger partial charge in [0, 0.05) is 25.2 Å². The Morgan fingerprint density at radius 3 is 1.54 bits per heavy atom. The molecule has 0 aromatic carbocycles. The minimum absolute atomic E-state index is 0.627. The molecule has 0 bridgehead atoms. The summed E-state index contributed by atoms with van der Waals surface area (Å²) in [6.45, 7) is 13.2. The summed E-state index contributed by atoms with van der Waals surface area (Å²) >= 11 is 14.8. The highest BCUT2D eigenvalue weighted by molar-refractivity contribution is 8.23. The van der Waals surface area contributed by atoms with Gasteiger partial charge in [-0.1, -0.05) is 61.8 Å². The van der Waals surface area contributed by atoms with Crippen molar-refractivity contribution in [3.05, 3.63) is 0 Å². The molecule has 8 heteroatoms. The van der Waals surface area contributed by atoms with E-state index in [2.05, 4.69) is 47.3 Å². The van der Waals surface area contributed by atoms with Crippen LogP contribution in [0, 0.1) is 0 Å². The van der Waals surface area contributed by atoms with Gasteiger partial charge in [-0.15, -0.1) is 0 Å². The quantitative estimate of drug-likeness (QED) is 0.384. The molecule has 0 amide bonds. The molecular weight excluding hydrogens is 400 g/mol. The summed E-state index contributed by atoms with van der Waals surface area (Å²) in [5.74, 6) is 2.07. The molecule has 0 aromatic rings. The zero-order chi connectivity index (χ0) is 19.1. The van der Waals surface area contributed by atoms with Gasteiger partial charge in [-0.3, -0.25) is 9.80 Å². The van der Waals surface area contributed by atoms with Crippen molar-refractivity contribution in [3.8, 4) is 0 Å². The van der Waals surface area contributed by atoms with E-state index < -0.39 is 0 Å². The van der Waals surface area contributed by atoms with Crippen molar-refractivity contribution >= 4 is 56.6 Å². The second-order valence-corrected chi connectivity index (χ2v) is 10.4. The van der Waals surface area contributed by atoms with E-state index in [1.807, 2.05) is 23.5 Å². The van der Waals surface area contributed by atoms with Crippen LogP contribution in [-0.4, -0.2) is 78.5 Å². The summed E-state index contributed by atoms with van der Waals surface area (Å²) in [7, 11) is 0. The van der Waals surface area contributed by atoms with E-state index in [0.717, 1.165) is 46.8 Å². The molecule has 2 atom stereocenters. The normalized spacial score (nSPS) is 22.8. The van der Waals surface area contributed by atoms with Crippen LogP contribution in [0.3, 0.4) is 0 Å². The average Bonchev–Trinajstić information content (AvgIpc) is 2.66. The molecule has 2 aliphatic rings. The first kappa shape index (κ1) is 22.7. The number of hydrogen-bond donors (Lipinski definition) is 0. The maximum absolute atomic E-state index is 5.57. The second kappa shape index (κ2) is 11.4. The Hall–Kier alpha value is 0.400. The van der Waals surface area contributed by atoms with Crippen LogP contribution in [0.2, 0.25) is 0 Å². The Balaban J connectivity index is 1.73. The summed E-state index contributed by atoms with van der Waals surface area (Å²) in [6.07, 6.45) is 4.72. The first-order valence-electron chi connectivity index (χ1n) is 9.77. The molecule has 150 valence electrons. The van der Waals surface area contributed by atoms with Gasteiger partial charge in [0.05, 0.1) is 25.1 Å². The van der Waals surface area contributed by atoms with Gasteiger partial charge in [-0.2, -0.15) is 0 Å². The summed E-state index contributed by atoms with van der Waals surface area (Å²) in [6, 6.07) is 1.25. The van der Waals surface area contributed by atoms with Gasteiger partial charge >= 0.3 is 0 Å². The lowest BCUT2D eigenvalue weighted by molar-refractivity contribution is 0.153. The number of hydrogen-bond acceptors (Lipinski definition) is 6. The van der Waals surface area contributed by atoms with Gasteiger partial charge in [0.25, 0.3) is 0 Å². The molecule has 0 aromatic heterocycles. The Morgan fingerprint density at radius 2 is 1.19 bits per heavy atom. The summed E-state index contributed by atoms with van der Waals surface area (Å²) in [5.41, 5.74) is 0.